The van der Waals surface area contributed by atoms with Gasteiger partial charge < -0.3 is 25.4 Å². The number of amides is 2. The zero-order valence-corrected chi connectivity index (χ0v) is 23.5. The minimum Gasteiger partial charge on any atom is -0.479 e. The maximum Gasteiger partial charge on any atom is 0.330 e. The van der Waals surface area contributed by atoms with Gasteiger partial charge >= 0.3 is 5.97 Å². The monoisotopic (exact) mass is 574 g/mol. The van der Waals surface area contributed by atoms with Crippen LogP contribution in [-0.2, 0) is 14.4 Å². The number of aromatic nitrogens is 1. The molecule has 1 aromatic heterocycles. The number of fused-ring (bicyclic) bond motifs is 3. The molecule has 3 aromatic rings. The molecule has 1 saturated carbocycles. The quantitative estimate of drug-likeness (QED) is 0.381. The van der Waals surface area contributed by atoms with Gasteiger partial charge in [0.1, 0.15) is 23.7 Å². The van der Waals surface area contributed by atoms with Crippen LogP contribution in [0.5, 0.6) is 5.19 Å². The molecule has 1 saturated heterocycles. The Morgan fingerprint density at radius 1 is 1.10 bits per heavy atom. The number of para-hydroxylation sites is 2. The van der Waals surface area contributed by atoms with E-state index in [1.165, 1.54) is 11.3 Å². The van der Waals surface area contributed by atoms with Crippen molar-refractivity contribution in [1.29, 1.82) is 0 Å². The molecule has 0 unspecified atom stereocenters. The van der Waals surface area contributed by atoms with E-state index in [0.717, 1.165) is 41.6 Å². The van der Waals surface area contributed by atoms with E-state index in [1.807, 2.05) is 66.7 Å². The van der Waals surface area contributed by atoms with Crippen LogP contribution in [0.4, 0.5) is 5.69 Å². The number of ether oxygens (including phenoxy) is 1. The van der Waals surface area contributed by atoms with Crippen LogP contribution in [0.1, 0.15) is 44.9 Å². The van der Waals surface area contributed by atoms with Crippen LogP contribution in [0.3, 0.4) is 0 Å². The number of hydrogen-bond donors (Lipinski definition) is 3. The molecule has 0 bridgehead atoms. The van der Waals surface area contributed by atoms with Crippen molar-refractivity contribution in [1.82, 2.24) is 15.2 Å². The number of carbonyl (C=O) groups is 3. The highest BCUT2D eigenvalue weighted by Gasteiger charge is 2.61. The van der Waals surface area contributed by atoms with Crippen LogP contribution in [0.25, 0.3) is 10.2 Å². The second-order valence-electron chi connectivity index (χ2n) is 11.1. The van der Waals surface area contributed by atoms with E-state index >= 15 is 0 Å². The molecule has 0 spiro atoms. The first-order chi connectivity index (χ1) is 19.9. The molecule has 41 heavy (non-hydrogen) atoms. The van der Waals surface area contributed by atoms with Crippen LogP contribution < -0.4 is 15.4 Å². The number of benzene rings is 2. The van der Waals surface area contributed by atoms with Gasteiger partial charge in [0.15, 0.2) is 0 Å². The Kier molecular flexibility index (Phi) is 7.66. The number of thiazole rings is 1. The molecule has 3 heterocycles. The summed E-state index contributed by atoms with van der Waals surface area (Å²) in [4.78, 5) is 46.3. The number of nitrogens with one attached hydrogen (secondary N) is 2. The van der Waals surface area contributed by atoms with Gasteiger partial charge in [0, 0.05) is 18.0 Å². The number of carboxylic acid groups (broad SMARTS) is 1. The van der Waals surface area contributed by atoms with Crippen molar-refractivity contribution in [3.8, 4) is 5.19 Å². The van der Waals surface area contributed by atoms with Crippen molar-refractivity contribution in [3.05, 3.63) is 66.7 Å². The summed E-state index contributed by atoms with van der Waals surface area (Å²) >= 11 is 1.42. The first-order valence-electron chi connectivity index (χ1n) is 14.3. The number of hydrogen-bond acceptors (Lipinski definition) is 7. The lowest BCUT2D eigenvalue weighted by Crippen LogP contribution is -2.55. The number of anilines is 1. The minimum atomic E-state index is -1.34. The highest BCUT2D eigenvalue weighted by Crippen LogP contribution is 2.45. The Bertz CT molecular complexity index is 1430. The van der Waals surface area contributed by atoms with Gasteiger partial charge in [0.2, 0.25) is 11.8 Å². The van der Waals surface area contributed by atoms with Crippen LogP contribution in [0.15, 0.2) is 66.7 Å². The van der Waals surface area contributed by atoms with Crippen molar-refractivity contribution in [3.63, 3.8) is 0 Å². The van der Waals surface area contributed by atoms with E-state index in [1.54, 1.807) is 4.90 Å². The number of rotatable bonds is 5. The number of allylic oxidation sites excluding steroid dienone is 1. The summed E-state index contributed by atoms with van der Waals surface area (Å²) in [6.45, 7) is 0.212. The molecule has 0 radical (unpaired) electrons. The highest BCUT2D eigenvalue weighted by molar-refractivity contribution is 7.20. The van der Waals surface area contributed by atoms with Crippen molar-refractivity contribution < 1.29 is 24.2 Å². The molecule has 214 valence electrons. The lowest BCUT2D eigenvalue weighted by molar-refractivity contribution is -0.145. The van der Waals surface area contributed by atoms with E-state index in [-0.39, 0.29) is 24.8 Å². The van der Waals surface area contributed by atoms with Gasteiger partial charge in [0.05, 0.1) is 16.8 Å². The lowest BCUT2D eigenvalue weighted by Gasteiger charge is -2.30. The predicted octanol–water partition coefficient (Wildman–Crippen LogP) is 4.61. The number of nitrogens with zero attached hydrogens (tertiary/aromatic N) is 2. The summed E-state index contributed by atoms with van der Waals surface area (Å²) in [6.07, 6.45) is 8.29. The molecule has 3 N–H and O–H groups in total. The maximum absolute atomic E-state index is 14.1. The molecule has 2 amide bonds. The van der Waals surface area contributed by atoms with Crippen molar-refractivity contribution in [2.24, 2.45) is 5.92 Å². The van der Waals surface area contributed by atoms with Crippen LogP contribution in [0, 0.1) is 5.92 Å². The maximum atomic E-state index is 14.1. The molecule has 2 fully saturated rings. The van der Waals surface area contributed by atoms with Gasteiger partial charge in [-0.1, -0.05) is 66.7 Å². The second kappa shape index (κ2) is 11.5. The molecule has 5 atom stereocenters. The molecule has 9 nitrogen and oxygen atoms in total. The average Bonchev–Trinajstić information content (AvgIpc) is 3.28. The average molecular weight is 575 g/mol. The van der Waals surface area contributed by atoms with Crippen LogP contribution in [-0.4, -0.2) is 63.0 Å². The van der Waals surface area contributed by atoms with E-state index in [9.17, 15) is 19.5 Å². The van der Waals surface area contributed by atoms with E-state index < -0.39 is 35.6 Å². The van der Waals surface area contributed by atoms with Crippen LogP contribution >= 0.6 is 11.3 Å². The minimum absolute atomic E-state index is 0.186. The Morgan fingerprint density at radius 3 is 2.71 bits per heavy atom. The first kappa shape index (κ1) is 27.3. The van der Waals surface area contributed by atoms with Gasteiger partial charge in [-0.05, 0) is 49.9 Å². The van der Waals surface area contributed by atoms with Crippen molar-refractivity contribution in [2.45, 2.75) is 68.7 Å². The molecule has 1 aliphatic carbocycles. The summed E-state index contributed by atoms with van der Waals surface area (Å²) in [5.41, 5.74) is 0.327. The van der Waals surface area contributed by atoms with Gasteiger partial charge in [0.25, 0.3) is 5.19 Å². The third kappa shape index (κ3) is 5.79. The van der Waals surface area contributed by atoms with Gasteiger partial charge in [-0.15, -0.1) is 0 Å². The fraction of sp³-hybridized carbons (Fsp3) is 0.419. The number of carboxylic acids is 1. The lowest BCUT2D eigenvalue weighted by atomic mass is 10.0. The fourth-order valence-corrected chi connectivity index (χ4v) is 6.81. The second-order valence-corrected chi connectivity index (χ2v) is 12.1. The molecular formula is C31H34N4O5S. The van der Waals surface area contributed by atoms with E-state index in [0.29, 0.717) is 18.0 Å². The molecule has 2 aromatic carbocycles. The summed E-state index contributed by atoms with van der Waals surface area (Å²) in [5.74, 6) is -1.96. The smallest absolute Gasteiger partial charge is 0.330 e. The zero-order chi connectivity index (χ0) is 28.4. The fourth-order valence-electron chi connectivity index (χ4n) is 5.93. The van der Waals surface area contributed by atoms with Gasteiger partial charge in [-0.25, -0.2) is 9.78 Å². The molecular weight excluding hydrogens is 540 g/mol. The van der Waals surface area contributed by atoms with Crippen molar-refractivity contribution >= 4 is 45.0 Å². The molecule has 6 rings (SSSR count). The predicted molar refractivity (Wildman–Crippen MR) is 157 cm³/mol. The molecule has 10 heteroatoms. The van der Waals surface area contributed by atoms with Crippen LogP contribution in [0.2, 0.25) is 0 Å². The Morgan fingerprint density at radius 2 is 1.90 bits per heavy atom. The van der Waals surface area contributed by atoms with E-state index in [2.05, 4.69) is 15.6 Å². The third-order valence-electron chi connectivity index (χ3n) is 8.28. The third-order valence-corrected chi connectivity index (χ3v) is 9.20. The molecule has 3 aliphatic rings. The Labute approximate surface area is 242 Å². The zero-order valence-electron chi connectivity index (χ0n) is 22.7. The Hall–Kier alpha value is -3.92. The standard InChI is InChI=1S/C31H34N4O5S/c36-27-25-17-22(40-30-33-23-14-9-10-16-26(23)41-30)19-35(25)28(37)24(32-21-12-6-4-7-13-21)15-8-3-1-2-5-11-20-18-31(20,34-27)29(38)39/h4-7,9-14,16,20,22,24-25,32H,1-3,8,15,17-19H2,(H,34,36)(H,38,39)/t20-,22-,24+,25+,31-/m1/s1. The highest BCUT2D eigenvalue weighted by atomic mass is 32.1. The van der Waals surface area contributed by atoms with Gasteiger partial charge in [-0.3, -0.25) is 9.59 Å². The van der Waals surface area contributed by atoms with E-state index in [4.69, 9.17) is 4.74 Å². The summed E-state index contributed by atoms with van der Waals surface area (Å²) in [7, 11) is 0. The number of carbonyl (C=O) groups excluding carboxylic acids is 2. The Balaban J connectivity index is 1.28. The van der Waals surface area contributed by atoms with Gasteiger partial charge in [-0.2, -0.15) is 0 Å². The topological polar surface area (TPSA) is 121 Å². The molecule has 2 aliphatic heterocycles. The first-order valence-corrected chi connectivity index (χ1v) is 15.1. The normalized spacial score (nSPS) is 28.6. The SMILES string of the molecule is O=C1N[C@]2(C(=O)O)C[C@H]2C=CCCCCC[C@H](Nc2ccccc2)C(=O)N2C[C@H](Oc3nc4ccccc4s3)C[C@@H]12. The number of aliphatic carboxylic acids is 1. The van der Waals surface area contributed by atoms with Crippen molar-refractivity contribution in [2.75, 3.05) is 11.9 Å². The summed E-state index contributed by atoms with van der Waals surface area (Å²) in [5, 5.41) is 16.8. The largest absolute Gasteiger partial charge is 0.479 e. The summed E-state index contributed by atoms with van der Waals surface area (Å²) < 4.78 is 7.24. The summed E-state index contributed by atoms with van der Waals surface area (Å²) in [6, 6.07) is 16.0.